The van der Waals surface area contributed by atoms with Gasteiger partial charge in [-0.1, -0.05) is 12.1 Å². The number of rotatable bonds is 13. The summed E-state index contributed by atoms with van der Waals surface area (Å²) in [6.07, 6.45) is -1.61. The van der Waals surface area contributed by atoms with Crippen molar-refractivity contribution in [1.29, 1.82) is 0 Å². The molecule has 1 heterocycles. The number of carbonyl (C=O) groups excluding carboxylic acids is 1. The van der Waals surface area contributed by atoms with E-state index in [1.165, 1.54) is 12.1 Å². The van der Waals surface area contributed by atoms with E-state index in [9.17, 15) is 36.5 Å². The molecule has 0 unspecified atom stereocenters. The summed E-state index contributed by atoms with van der Waals surface area (Å²) in [7, 11) is -4.66. The maximum Gasteiger partial charge on any atom is 0.416 e. The third-order valence-corrected chi connectivity index (χ3v) is 7.02. The van der Waals surface area contributed by atoms with Crippen LogP contribution in [-0.4, -0.2) is 54.1 Å². The normalized spacial score (nSPS) is 12.8. The Kier molecular flexibility index (Phi) is 10.6. The second kappa shape index (κ2) is 13.8. The summed E-state index contributed by atoms with van der Waals surface area (Å²) in [5, 5.41) is 14.8. The molecule has 232 valence electrons. The van der Waals surface area contributed by atoms with Crippen LogP contribution in [0, 0.1) is 10.1 Å². The first-order valence-electron chi connectivity index (χ1n) is 12.9. The van der Waals surface area contributed by atoms with E-state index in [1.807, 2.05) is 0 Å². The van der Waals surface area contributed by atoms with Crippen molar-refractivity contribution in [2.24, 2.45) is 0 Å². The fourth-order valence-corrected chi connectivity index (χ4v) is 4.91. The van der Waals surface area contributed by atoms with Gasteiger partial charge in [-0.25, -0.2) is 18.4 Å². The van der Waals surface area contributed by atoms with Gasteiger partial charge in [0.05, 0.1) is 22.0 Å². The van der Waals surface area contributed by atoms with Gasteiger partial charge < -0.3 is 14.8 Å². The molecular weight excluding hydrogens is 595 g/mol. The molecule has 0 spiro atoms. The highest BCUT2D eigenvalue weighted by atomic mass is 32.2. The van der Waals surface area contributed by atoms with Gasteiger partial charge in [0.2, 0.25) is 16.0 Å². The Balaban J connectivity index is 1.79. The molecule has 1 atom stereocenters. The molecule has 0 amide bonds. The summed E-state index contributed by atoms with van der Waals surface area (Å²) in [5.74, 6) is -0.662. The number of esters is 1. The topological polar surface area (TPSA) is 163 Å². The Labute approximate surface area is 245 Å². The summed E-state index contributed by atoms with van der Waals surface area (Å²) in [4.78, 5) is 31.4. The molecule has 0 fully saturated rings. The SMILES string of the molecule is CC(C)(C)OC(=O)[C@H](Cc1ccc(OCCCNc2ncccn2)c([N+](=O)[O-])c1)NS(=O)(=O)c1cccc(C(F)(F)F)c1. The highest BCUT2D eigenvalue weighted by Gasteiger charge is 2.34. The lowest BCUT2D eigenvalue weighted by Crippen LogP contribution is -2.45. The van der Waals surface area contributed by atoms with Crippen molar-refractivity contribution in [3.63, 3.8) is 0 Å². The highest BCUT2D eigenvalue weighted by Crippen LogP contribution is 2.31. The Hall–Kier alpha value is -4.31. The van der Waals surface area contributed by atoms with Crippen molar-refractivity contribution in [2.75, 3.05) is 18.5 Å². The number of nitro benzene ring substituents is 1. The molecule has 0 aliphatic rings. The number of carbonyl (C=O) groups is 1. The van der Waals surface area contributed by atoms with Crippen molar-refractivity contribution < 1.29 is 40.8 Å². The van der Waals surface area contributed by atoms with Crippen LogP contribution in [0.4, 0.5) is 24.8 Å². The van der Waals surface area contributed by atoms with E-state index in [1.54, 1.807) is 39.2 Å². The third kappa shape index (κ3) is 10.2. The molecule has 12 nitrogen and oxygen atoms in total. The number of sulfonamides is 1. The maximum absolute atomic E-state index is 13.2. The average Bonchev–Trinajstić information content (AvgIpc) is 2.92. The van der Waals surface area contributed by atoms with Crippen molar-refractivity contribution in [3.8, 4) is 5.75 Å². The standard InChI is InChI=1S/C27H30F3N5O7S/c1-26(2,3)42-24(36)21(34-43(39,40)20-8-4-7-19(17-20)27(28,29)30)15-18-9-10-23(22(16-18)35(37)38)41-14-6-13-33-25-31-11-5-12-32-25/h4-5,7-12,16-17,21,34H,6,13-15H2,1-3H3,(H,31,32,33)/t21-/m0/s1. The van der Waals surface area contributed by atoms with Crippen LogP contribution in [0.2, 0.25) is 0 Å². The predicted molar refractivity (Wildman–Crippen MR) is 149 cm³/mol. The molecule has 3 rings (SSSR count). The number of aromatic nitrogens is 2. The van der Waals surface area contributed by atoms with E-state index in [0.717, 1.165) is 18.2 Å². The Morgan fingerprint density at radius 1 is 1.07 bits per heavy atom. The number of nitrogens with one attached hydrogen (secondary N) is 2. The van der Waals surface area contributed by atoms with Gasteiger partial charge in [-0.3, -0.25) is 14.9 Å². The molecule has 0 saturated heterocycles. The molecule has 0 aliphatic carbocycles. The second-order valence-electron chi connectivity index (χ2n) is 10.2. The first kappa shape index (κ1) is 33.2. The van der Waals surface area contributed by atoms with Gasteiger partial charge in [-0.15, -0.1) is 0 Å². The number of ether oxygens (including phenoxy) is 2. The van der Waals surface area contributed by atoms with Crippen LogP contribution in [0.5, 0.6) is 5.75 Å². The maximum atomic E-state index is 13.2. The first-order chi connectivity index (χ1) is 20.0. The van der Waals surface area contributed by atoms with E-state index in [2.05, 4.69) is 20.0 Å². The van der Waals surface area contributed by atoms with Gasteiger partial charge in [0.1, 0.15) is 11.6 Å². The predicted octanol–water partition coefficient (Wildman–Crippen LogP) is 4.52. The summed E-state index contributed by atoms with van der Waals surface area (Å²) < 4.78 is 78.6. The van der Waals surface area contributed by atoms with Crippen LogP contribution < -0.4 is 14.8 Å². The zero-order chi connectivity index (χ0) is 31.8. The van der Waals surface area contributed by atoms with Gasteiger partial charge in [0, 0.05) is 25.0 Å². The summed E-state index contributed by atoms with van der Waals surface area (Å²) >= 11 is 0. The molecule has 1 aromatic heterocycles. The van der Waals surface area contributed by atoms with E-state index >= 15 is 0 Å². The largest absolute Gasteiger partial charge is 0.487 e. The Morgan fingerprint density at radius 2 is 1.77 bits per heavy atom. The van der Waals surface area contributed by atoms with Crippen LogP contribution in [0.15, 0.2) is 65.8 Å². The van der Waals surface area contributed by atoms with Crippen LogP contribution >= 0.6 is 0 Å². The second-order valence-corrected chi connectivity index (χ2v) is 11.9. The minimum absolute atomic E-state index is 0.0527. The fraction of sp³-hybridized carbons (Fsp3) is 0.370. The monoisotopic (exact) mass is 625 g/mol. The van der Waals surface area contributed by atoms with Crippen molar-refractivity contribution in [2.45, 2.75) is 56.3 Å². The lowest BCUT2D eigenvalue weighted by Gasteiger charge is -2.25. The van der Waals surface area contributed by atoms with E-state index in [4.69, 9.17) is 9.47 Å². The summed E-state index contributed by atoms with van der Waals surface area (Å²) in [5.41, 5.74) is -2.49. The number of hydrogen-bond donors (Lipinski definition) is 2. The van der Waals surface area contributed by atoms with Crippen molar-refractivity contribution >= 4 is 27.6 Å². The Bertz CT molecular complexity index is 1530. The smallest absolute Gasteiger partial charge is 0.416 e. The number of halogens is 3. The zero-order valence-corrected chi connectivity index (χ0v) is 24.2. The quantitative estimate of drug-likeness (QED) is 0.120. The Morgan fingerprint density at radius 3 is 2.40 bits per heavy atom. The van der Waals surface area contributed by atoms with Gasteiger partial charge in [-0.2, -0.15) is 17.9 Å². The fourth-order valence-electron chi connectivity index (χ4n) is 3.68. The zero-order valence-electron chi connectivity index (χ0n) is 23.4. The number of hydrogen-bond acceptors (Lipinski definition) is 10. The molecule has 3 aromatic rings. The number of benzene rings is 2. The van der Waals surface area contributed by atoms with E-state index in [-0.39, 0.29) is 17.9 Å². The highest BCUT2D eigenvalue weighted by molar-refractivity contribution is 7.89. The van der Waals surface area contributed by atoms with Crippen molar-refractivity contribution in [1.82, 2.24) is 14.7 Å². The van der Waals surface area contributed by atoms with Gasteiger partial charge in [0.15, 0.2) is 5.75 Å². The third-order valence-electron chi connectivity index (χ3n) is 5.55. The lowest BCUT2D eigenvalue weighted by molar-refractivity contribution is -0.385. The number of nitro groups is 1. The minimum atomic E-state index is -4.80. The molecular formula is C27H30F3N5O7S. The van der Waals surface area contributed by atoms with E-state index in [0.29, 0.717) is 31.0 Å². The molecule has 43 heavy (non-hydrogen) atoms. The molecule has 16 heteroatoms. The summed E-state index contributed by atoms with van der Waals surface area (Å²) in [6.45, 7) is 5.17. The average molecular weight is 626 g/mol. The van der Waals surface area contributed by atoms with Crippen molar-refractivity contribution in [3.05, 3.63) is 82.2 Å². The number of alkyl halides is 3. The minimum Gasteiger partial charge on any atom is -0.487 e. The number of nitrogens with zero attached hydrogens (tertiary/aromatic N) is 3. The van der Waals surface area contributed by atoms with Gasteiger partial charge >= 0.3 is 17.8 Å². The lowest BCUT2D eigenvalue weighted by atomic mass is 10.0. The van der Waals surface area contributed by atoms with Crippen LogP contribution in [0.25, 0.3) is 0 Å². The van der Waals surface area contributed by atoms with Gasteiger partial charge in [0.25, 0.3) is 0 Å². The number of anilines is 1. The van der Waals surface area contributed by atoms with Crippen LogP contribution in [0.1, 0.15) is 38.3 Å². The van der Waals surface area contributed by atoms with Crippen LogP contribution in [-0.2, 0) is 32.2 Å². The molecule has 0 aliphatic heterocycles. The van der Waals surface area contributed by atoms with E-state index < -0.39 is 61.3 Å². The molecule has 0 bridgehead atoms. The molecule has 2 N–H and O–H groups in total. The molecule has 0 radical (unpaired) electrons. The molecule has 0 saturated carbocycles. The van der Waals surface area contributed by atoms with Gasteiger partial charge in [-0.05, 0) is 69.5 Å². The summed E-state index contributed by atoms with van der Waals surface area (Å²) in [6, 6.07) is 6.91. The van der Waals surface area contributed by atoms with Crippen LogP contribution in [0.3, 0.4) is 0 Å². The first-order valence-corrected chi connectivity index (χ1v) is 14.4. The molecule has 2 aromatic carbocycles.